The van der Waals surface area contributed by atoms with Gasteiger partial charge in [0.2, 0.25) is 0 Å². The first-order valence-corrected chi connectivity index (χ1v) is 11.0. The third-order valence-electron chi connectivity index (χ3n) is 6.49. The number of benzene rings is 2. The van der Waals surface area contributed by atoms with Crippen molar-refractivity contribution >= 4 is 16.7 Å². The van der Waals surface area contributed by atoms with Gasteiger partial charge in [-0.1, -0.05) is 12.1 Å². The minimum absolute atomic E-state index is 0.122. The quantitative estimate of drug-likeness (QED) is 0.672. The zero-order valence-corrected chi connectivity index (χ0v) is 17.4. The standard InChI is InChI=1S/C24H27FN4O2/c25-16-7-8-21-20(14-16)24(27-23(26-21)19-5-1-2-6-22(19)31)28-12-9-17(10-13-28)29-11-3-4-18(30)15-29/h1-2,5-8,14,17-18,30-31H,3-4,9-13,15H2. The van der Waals surface area contributed by atoms with Crippen LogP contribution in [0.5, 0.6) is 5.75 Å². The summed E-state index contributed by atoms with van der Waals surface area (Å²) in [5, 5.41) is 21.0. The molecule has 0 radical (unpaired) electrons. The van der Waals surface area contributed by atoms with Gasteiger partial charge in [-0.25, -0.2) is 14.4 Å². The van der Waals surface area contributed by atoms with Crippen LogP contribution in [-0.2, 0) is 0 Å². The number of aliphatic hydroxyl groups is 1. The molecule has 0 spiro atoms. The number of para-hydroxylation sites is 1. The molecule has 3 heterocycles. The minimum Gasteiger partial charge on any atom is -0.507 e. The van der Waals surface area contributed by atoms with Crippen molar-refractivity contribution in [2.45, 2.75) is 37.8 Å². The summed E-state index contributed by atoms with van der Waals surface area (Å²) in [5.41, 5.74) is 1.22. The van der Waals surface area contributed by atoms with E-state index in [2.05, 4.69) is 14.8 Å². The lowest BCUT2D eigenvalue weighted by atomic mass is 9.98. The van der Waals surface area contributed by atoms with Gasteiger partial charge in [-0.2, -0.15) is 0 Å². The topological polar surface area (TPSA) is 72.7 Å². The molecule has 0 aliphatic carbocycles. The molecular weight excluding hydrogens is 395 g/mol. The Morgan fingerprint density at radius 2 is 1.77 bits per heavy atom. The Hall–Kier alpha value is -2.77. The van der Waals surface area contributed by atoms with Crippen LogP contribution in [-0.4, -0.2) is 63.4 Å². The number of halogens is 1. The molecule has 31 heavy (non-hydrogen) atoms. The van der Waals surface area contributed by atoms with Crippen LogP contribution in [0.2, 0.25) is 0 Å². The fraction of sp³-hybridized carbons (Fsp3) is 0.417. The number of piperidine rings is 2. The van der Waals surface area contributed by atoms with Gasteiger partial charge >= 0.3 is 0 Å². The van der Waals surface area contributed by atoms with E-state index >= 15 is 0 Å². The Labute approximate surface area is 181 Å². The number of aromatic nitrogens is 2. The van der Waals surface area contributed by atoms with Crippen LogP contribution in [0.1, 0.15) is 25.7 Å². The third-order valence-corrected chi connectivity index (χ3v) is 6.49. The molecule has 2 aromatic carbocycles. The molecule has 0 bridgehead atoms. The van der Waals surface area contributed by atoms with E-state index in [0.29, 0.717) is 34.2 Å². The van der Waals surface area contributed by atoms with E-state index in [0.717, 1.165) is 51.9 Å². The van der Waals surface area contributed by atoms with E-state index in [1.54, 1.807) is 24.3 Å². The number of fused-ring (bicyclic) bond motifs is 1. The van der Waals surface area contributed by atoms with Gasteiger partial charge in [0.25, 0.3) is 0 Å². The van der Waals surface area contributed by atoms with Crippen LogP contribution in [0, 0.1) is 5.82 Å². The number of nitrogens with zero attached hydrogens (tertiary/aromatic N) is 4. The van der Waals surface area contributed by atoms with E-state index < -0.39 is 0 Å². The number of hydrogen-bond acceptors (Lipinski definition) is 6. The van der Waals surface area contributed by atoms with Gasteiger partial charge in [-0.05, 0) is 62.6 Å². The van der Waals surface area contributed by atoms with Gasteiger partial charge in [0.05, 0.1) is 17.2 Å². The second-order valence-corrected chi connectivity index (χ2v) is 8.56. The number of phenols is 1. The van der Waals surface area contributed by atoms with E-state index in [9.17, 15) is 14.6 Å². The number of β-amino-alcohol motifs (C(OH)–C–C–N with tert-alkyl or cyclic N) is 1. The molecule has 0 saturated carbocycles. The summed E-state index contributed by atoms with van der Waals surface area (Å²) in [6.07, 6.45) is 3.66. The highest BCUT2D eigenvalue weighted by Crippen LogP contribution is 2.33. The molecule has 2 N–H and O–H groups in total. The molecule has 1 aromatic heterocycles. The molecule has 6 nitrogen and oxygen atoms in total. The molecule has 0 amide bonds. The Kier molecular flexibility index (Phi) is 5.46. The van der Waals surface area contributed by atoms with Crippen molar-refractivity contribution in [3.63, 3.8) is 0 Å². The minimum atomic E-state index is -0.315. The van der Waals surface area contributed by atoms with Gasteiger partial charge in [-0.3, -0.25) is 4.90 Å². The summed E-state index contributed by atoms with van der Waals surface area (Å²) in [6, 6.07) is 12.0. The maximum atomic E-state index is 14.1. The van der Waals surface area contributed by atoms with Crippen molar-refractivity contribution < 1.29 is 14.6 Å². The second kappa shape index (κ2) is 8.40. The molecule has 1 unspecified atom stereocenters. The first-order chi connectivity index (χ1) is 15.1. The number of phenolic OH excluding ortho intramolecular Hbond substituents is 1. The summed E-state index contributed by atoms with van der Waals surface area (Å²) in [4.78, 5) is 14.0. The number of aromatic hydroxyl groups is 1. The Morgan fingerprint density at radius 3 is 2.55 bits per heavy atom. The maximum absolute atomic E-state index is 14.1. The Balaban J connectivity index is 1.46. The summed E-state index contributed by atoms with van der Waals surface area (Å²) in [7, 11) is 0. The number of anilines is 1. The molecule has 162 valence electrons. The fourth-order valence-electron chi connectivity index (χ4n) is 4.87. The van der Waals surface area contributed by atoms with Crippen molar-refractivity contribution in [3.05, 3.63) is 48.3 Å². The first kappa shape index (κ1) is 20.2. The van der Waals surface area contributed by atoms with E-state index in [-0.39, 0.29) is 17.7 Å². The lowest BCUT2D eigenvalue weighted by molar-refractivity contribution is 0.0398. The average Bonchev–Trinajstić information content (AvgIpc) is 2.79. The molecular formula is C24H27FN4O2. The SMILES string of the molecule is Oc1ccccc1-c1nc(N2CCC(N3CCCC(O)C3)CC2)c2cc(F)ccc2n1. The largest absolute Gasteiger partial charge is 0.507 e. The van der Waals surface area contributed by atoms with Crippen molar-refractivity contribution in [2.75, 3.05) is 31.1 Å². The summed E-state index contributed by atoms with van der Waals surface area (Å²) in [5.74, 6) is 0.954. The molecule has 1 atom stereocenters. The van der Waals surface area contributed by atoms with Gasteiger partial charge in [0, 0.05) is 31.1 Å². The van der Waals surface area contributed by atoms with E-state index in [4.69, 9.17) is 4.98 Å². The van der Waals surface area contributed by atoms with Crippen molar-refractivity contribution in [3.8, 4) is 17.1 Å². The number of hydrogen-bond donors (Lipinski definition) is 2. The third kappa shape index (κ3) is 4.07. The molecule has 2 fully saturated rings. The lowest BCUT2D eigenvalue weighted by Gasteiger charge is -2.41. The normalized spacial score (nSPS) is 21.0. The van der Waals surface area contributed by atoms with E-state index in [1.165, 1.54) is 12.1 Å². The van der Waals surface area contributed by atoms with Crippen molar-refractivity contribution in [2.24, 2.45) is 0 Å². The smallest absolute Gasteiger partial charge is 0.165 e. The van der Waals surface area contributed by atoms with Gasteiger partial charge in [0.1, 0.15) is 17.4 Å². The zero-order chi connectivity index (χ0) is 21.4. The zero-order valence-electron chi connectivity index (χ0n) is 17.4. The van der Waals surface area contributed by atoms with Crippen molar-refractivity contribution in [1.82, 2.24) is 14.9 Å². The van der Waals surface area contributed by atoms with Gasteiger partial charge in [-0.15, -0.1) is 0 Å². The molecule has 5 rings (SSSR count). The van der Waals surface area contributed by atoms with Crippen LogP contribution < -0.4 is 4.90 Å². The first-order valence-electron chi connectivity index (χ1n) is 11.0. The summed E-state index contributed by atoms with van der Waals surface area (Å²) in [6.45, 7) is 3.41. The molecule has 3 aromatic rings. The monoisotopic (exact) mass is 422 g/mol. The van der Waals surface area contributed by atoms with Crippen LogP contribution in [0.25, 0.3) is 22.3 Å². The van der Waals surface area contributed by atoms with Crippen LogP contribution >= 0.6 is 0 Å². The Morgan fingerprint density at radius 1 is 0.968 bits per heavy atom. The highest BCUT2D eigenvalue weighted by atomic mass is 19.1. The van der Waals surface area contributed by atoms with Crippen LogP contribution in [0.3, 0.4) is 0 Å². The van der Waals surface area contributed by atoms with Crippen LogP contribution in [0.15, 0.2) is 42.5 Å². The van der Waals surface area contributed by atoms with E-state index in [1.807, 2.05) is 6.07 Å². The summed E-state index contributed by atoms with van der Waals surface area (Å²) < 4.78 is 14.1. The number of rotatable bonds is 3. The Bertz CT molecular complexity index is 1080. The van der Waals surface area contributed by atoms with Crippen molar-refractivity contribution in [1.29, 1.82) is 0 Å². The predicted octanol–water partition coefficient (Wildman–Crippen LogP) is 3.57. The number of likely N-dealkylation sites (tertiary alicyclic amines) is 1. The average molecular weight is 423 g/mol. The molecule has 2 aliphatic rings. The molecule has 2 aliphatic heterocycles. The maximum Gasteiger partial charge on any atom is 0.165 e. The highest BCUT2D eigenvalue weighted by Gasteiger charge is 2.29. The second-order valence-electron chi connectivity index (χ2n) is 8.56. The molecule has 2 saturated heterocycles. The highest BCUT2D eigenvalue weighted by molar-refractivity contribution is 5.91. The van der Waals surface area contributed by atoms with Gasteiger partial charge in [0.15, 0.2) is 5.82 Å². The molecule has 7 heteroatoms. The number of aliphatic hydroxyl groups excluding tert-OH is 1. The van der Waals surface area contributed by atoms with Gasteiger partial charge < -0.3 is 15.1 Å². The lowest BCUT2D eigenvalue weighted by Crippen LogP contribution is -2.49. The predicted molar refractivity (Wildman–Crippen MR) is 119 cm³/mol. The van der Waals surface area contributed by atoms with Crippen LogP contribution in [0.4, 0.5) is 10.2 Å². The summed E-state index contributed by atoms with van der Waals surface area (Å²) >= 11 is 0. The fourth-order valence-corrected chi connectivity index (χ4v) is 4.87.